The quantitative estimate of drug-likeness (QED) is 0.512. The second-order valence-electron chi connectivity index (χ2n) is 6.41. The number of amides is 1. The average Bonchev–Trinajstić information content (AvgIpc) is 3.28. The number of benzene rings is 1. The van der Waals surface area contributed by atoms with Gasteiger partial charge in [-0.25, -0.2) is 8.78 Å². The first-order valence-corrected chi connectivity index (χ1v) is 9.56. The summed E-state index contributed by atoms with van der Waals surface area (Å²) in [5.74, 6) is -2.37. The summed E-state index contributed by atoms with van der Waals surface area (Å²) >= 11 is 1.61. The Bertz CT molecular complexity index is 1180. The number of nitrogens with zero attached hydrogens (tertiary/aromatic N) is 3. The largest absolute Gasteiger partial charge is 0.316 e. The van der Waals surface area contributed by atoms with E-state index >= 15 is 0 Å². The molecule has 0 aliphatic rings. The lowest BCUT2D eigenvalue weighted by atomic mass is 10.1. The van der Waals surface area contributed by atoms with Crippen molar-refractivity contribution in [2.75, 3.05) is 5.32 Å². The van der Waals surface area contributed by atoms with Gasteiger partial charge in [-0.05, 0) is 37.3 Å². The third-order valence-corrected chi connectivity index (χ3v) is 5.55. The van der Waals surface area contributed by atoms with Crippen molar-refractivity contribution in [3.63, 3.8) is 0 Å². The lowest BCUT2D eigenvalue weighted by Gasteiger charge is -2.05. The highest BCUT2D eigenvalue weighted by Crippen LogP contribution is 2.36. The van der Waals surface area contributed by atoms with E-state index in [0.29, 0.717) is 0 Å². The highest BCUT2D eigenvalue weighted by molar-refractivity contribution is 7.16. The van der Waals surface area contributed by atoms with E-state index < -0.39 is 23.2 Å². The third-order valence-electron chi connectivity index (χ3n) is 4.45. The van der Waals surface area contributed by atoms with Crippen LogP contribution in [-0.2, 0) is 7.05 Å². The SMILES string of the molecule is Cc1sc(-c2cccnc2)cc1-c1cc(C(=O)Nc2c(F)cccc2F)nn1C. The number of halogens is 2. The number of thiophene rings is 1. The summed E-state index contributed by atoms with van der Waals surface area (Å²) in [6.07, 6.45) is 3.51. The normalized spacial score (nSPS) is 10.9. The van der Waals surface area contributed by atoms with E-state index in [1.165, 1.54) is 6.07 Å². The van der Waals surface area contributed by atoms with Crippen LogP contribution >= 0.6 is 11.3 Å². The highest BCUT2D eigenvalue weighted by atomic mass is 32.1. The summed E-state index contributed by atoms with van der Waals surface area (Å²) in [5.41, 5.74) is 2.24. The predicted octanol–water partition coefficient (Wildman–Crippen LogP) is 5.05. The van der Waals surface area contributed by atoms with Crippen molar-refractivity contribution in [2.24, 2.45) is 7.05 Å². The topological polar surface area (TPSA) is 59.8 Å². The molecule has 1 N–H and O–H groups in total. The lowest BCUT2D eigenvalue weighted by molar-refractivity contribution is 0.102. The van der Waals surface area contributed by atoms with Crippen LogP contribution in [0.4, 0.5) is 14.5 Å². The molecule has 0 aliphatic carbocycles. The number of para-hydroxylation sites is 1. The zero-order valence-corrected chi connectivity index (χ0v) is 16.4. The Balaban J connectivity index is 1.65. The highest BCUT2D eigenvalue weighted by Gasteiger charge is 2.19. The molecule has 0 radical (unpaired) electrons. The van der Waals surface area contributed by atoms with Gasteiger partial charge in [0.05, 0.1) is 5.69 Å². The van der Waals surface area contributed by atoms with Crippen LogP contribution < -0.4 is 5.32 Å². The van der Waals surface area contributed by atoms with Crippen LogP contribution in [0.25, 0.3) is 21.7 Å². The first kappa shape index (κ1) is 18.9. The fraction of sp³-hybridized carbons (Fsp3) is 0.0952. The maximum atomic E-state index is 13.8. The summed E-state index contributed by atoms with van der Waals surface area (Å²) in [5, 5.41) is 6.48. The molecular formula is C21H16F2N4OS. The van der Waals surface area contributed by atoms with Crippen molar-refractivity contribution in [3.8, 4) is 21.7 Å². The van der Waals surface area contributed by atoms with Gasteiger partial charge in [-0.15, -0.1) is 11.3 Å². The summed E-state index contributed by atoms with van der Waals surface area (Å²) in [6.45, 7) is 1.99. The van der Waals surface area contributed by atoms with Crippen molar-refractivity contribution in [1.29, 1.82) is 0 Å². The van der Waals surface area contributed by atoms with Crippen LogP contribution in [0.1, 0.15) is 15.4 Å². The van der Waals surface area contributed by atoms with Crippen LogP contribution in [0.5, 0.6) is 0 Å². The van der Waals surface area contributed by atoms with Gasteiger partial charge in [-0.2, -0.15) is 5.10 Å². The second kappa shape index (κ2) is 7.56. The molecule has 8 heteroatoms. The van der Waals surface area contributed by atoms with Crippen LogP contribution in [0.3, 0.4) is 0 Å². The van der Waals surface area contributed by atoms with Gasteiger partial charge in [0.25, 0.3) is 5.91 Å². The van der Waals surface area contributed by atoms with Crippen molar-refractivity contribution in [1.82, 2.24) is 14.8 Å². The Morgan fingerprint density at radius 2 is 1.90 bits per heavy atom. The first-order valence-electron chi connectivity index (χ1n) is 8.74. The zero-order chi connectivity index (χ0) is 20.5. The van der Waals surface area contributed by atoms with Crippen molar-refractivity contribution in [3.05, 3.63) is 77.1 Å². The van der Waals surface area contributed by atoms with Crippen LogP contribution in [0, 0.1) is 18.6 Å². The van der Waals surface area contributed by atoms with E-state index in [1.54, 1.807) is 41.5 Å². The smallest absolute Gasteiger partial charge is 0.276 e. The van der Waals surface area contributed by atoms with Gasteiger partial charge in [-0.1, -0.05) is 12.1 Å². The fourth-order valence-corrected chi connectivity index (χ4v) is 4.03. The molecule has 1 amide bonds. The molecule has 146 valence electrons. The molecule has 0 bridgehead atoms. The van der Waals surface area contributed by atoms with Gasteiger partial charge in [0.15, 0.2) is 5.69 Å². The van der Waals surface area contributed by atoms with E-state index in [-0.39, 0.29) is 5.69 Å². The molecule has 3 heterocycles. The second-order valence-corrected chi connectivity index (χ2v) is 7.67. The fourth-order valence-electron chi connectivity index (χ4n) is 3.01. The molecule has 5 nitrogen and oxygen atoms in total. The van der Waals surface area contributed by atoms with Gasteiger partial charge in [0.1, 0.15) is 17.3 Å². The maximum absolute atomic E-state index is 13.8. The van der Waals surface area contributed by atoms with E-state index in [2.05, 4.69) is 15.4 Å². The molecule has 1 aromatic carbocycles. The standard InChI is InChI=1S/C21H16F2N4OS/c1-12-14(9-19(29-12)13-5-4-8-24-11-13)18-10-17(26-27(18)2)21(28)25-20-15(22)6-3-7-16(20)23/h3-11H,1-2H3,(H,25,28). The minimum absolute atomic E-state index is 0.0682. The number of anilines is 1. The van der Waals surface area contributed by atoms with Crippen LogP contribution in [0.2, 0.25) is 0 Å². The van der Waals surface area contributed by atoms with E-state index in [0.717, 1.165) is 38.7 Å². The molecule has 0 spiro atoms. The average molecular weight is 410 g/mol. The summed E-state index contributed by atoms with van der Waals surface area (Å²) in [4.78, 5) is 18.7. The van der Waals surface area contributed by atoms with E-state index in [9.17, 15) is 13.6 Å². The molecule has 4 rings (SSSR count). The molecule has 29 heavy (non-hydrogen) atoms. The Morgan fingerprint density at radius 3 is 2.59 bits per heavy atom. The van der Waals surface area contributed by atoms with Gasteiger partial charge < -0.3 is 5.32 Å². The first-order chi connectivity index (χ1) is 13.9. The van der Waals surface area contributed by atoms with Crippen molar-refractivity contribution < 1.29 is 13.6 Å². The Morgan fingerprint density at radius 1 is 1.14 bits per heavy atom. The number of carbonyl (C=O) groups is 1. The molecule has 3 aromatic heterocycles. The van der Waals surface area contributed by atoms with Gasteiger partial charge in [0.2, 0.25) is 0 Å². The predicted molar refractivity (Wildman–Crippen MR) is 109 cm³/mol. The summed E-state index contributed by atoms with van der Waals surface area (Å²) in [6, 6.07) is 10.9. The number of hydrogen-bond donors (Lipinski definition) is 1. The Hall–Kier alpha value is -3.39. The van der Waals surface area contributed by atoms with Gasteiger partial charge >= 0.3 is 0 Å². The maximum Gasteiger partial charge on any atom is 0.276 e. The van der Waals surface area contributed by atoms with Crippen LogP contribution in [0.15, 0.2) is 54.9 Å². The third kappa shape index (κ3) is 3.66. The molecule has 0 saturated carbocycles. The minimum Gasteiger partial charge on any atom is -0.316 e. The van der Waals surface area contributed by atoms with Gasteiger partial charge in [0, 0.05) is 40.3 Å². The van der Waals surface area contributed by atoms with Crippen LogP contribution in [-0.4, -0.2) is 20.7 Å². The van der Waals surface area contributed by atoms with Gasteiger partial charge in [-0.3, -0.25) is 14.5 Å². The summed E-state index contributed by atoms with van der Waals surface area (Å²) in [7, 11) is 1.72. The Labute approximate surface area is 169 Å². The number of rotatable bonds is 4. The number of aryl methyl sites for hydroxylation is 2. The number of carbonyl (C=O) groups excluding carboxylic acids is 1. The summed E-state index contributed by atoms with van der Waals surface area (Å²) < 4.78 is 29.2. The minimum atomic E-state index is -0.843. The molecule has 0 fully saturated rings. The number of nitrogens with one attached hydrogen (secondary N) is 1. The molecule has 0 saturated heterocycles. The van der Waals surface area contributed by atoms with E-state index in [1.807, 2.05) is 25.1 Å². The molecule has 0 atom stereocenters. The Kier molecular flexibility index (Phi) is 4.94. The van der Waals surface area contributed by atoms with Crippen molar-refractivity contribution >= 4 is 22.9 Å². The van der Waals surface area contributed by atoms with E-state index in [4.69, 9.17) is 0 Å². The number of hydrogen-bond acceptors (Lipinski definition) is 4. The monoisotopic (exact) mass is 410 g/mol. The zero-order valence-electron chi connectivity index (χ0n) is 15.6. The molecule has 4 aromatic rings. The lowest BCUT2D eigenvalue weighted by Crippen LogP contribution is -2.15. The number of aromatic nitrogens is 3. The number of pyridine rings is 1. The van der Waals surface area contributed by atoms with Crippen molar-refractivity contribution in [2.45, 2.75) is 6.92 Å². The molecule has 0 aliphatic heterocycles. The molecule has 0 unspecified atom stereocenters. The molecular weight excluding hydrogens is 394 g/mol.